The highest BCUT2D eigenvalue weighted by atomic mass is 16.5. The molecule has 0 aliphatic heterocycles. The van der Waals surface area contributed by atoms with Crippen molar-refractivity contribution >= 4 is 22.7 Å². The van der Waals surface area contributed by atoms with Gasteiger partial charge in [0.2, 0.25) is 0 Å². The van der Waals surface area contributed by atoms with Crippen molar-refractivity contribution in [3.8, 4) is 5.75 Å². The Morgan fingerprint density at radius 1 is 0.974 bits per heavy atom. The Bertz CT molecular complexity index is 1510. The number of hydrogen-bond acceptors (Lipinski definition) is 3. The summed E-state index contributed by atoms with van der Waals surface area (Å²) >= 11 is 0. The lowest BCUT2D eigenvalue weighted by Gasteiger charge is -2.21. The first-order chi connectivity index (χ1) is 18.3. The molecule has 0 unspecified atom stereocenters. The van der Waals surface area contributed by atoms with Gasteiger partial charge in [0.15, 0.2) is 6.10 Å². The number of rotatable bonds is 8. The number of benzene rings is 3. The van der Waals surface area contributed by atoms with Gasteiger partial charge < -0.3 is 20.4 Å². The molecule has 4 aromatic rings. The molecule has 6 heteroatoms. The average Bonchev–Trinajstić information content (AvgIpc) is 3.12. The molecule has 0 aliphatic rings. The van der Waals surface area contributed by atoms with Gasteiger partial charge in [-0.05, 0) is 85.7 Å². The number of hydrogen-bond donors (Lipinski definition) is 2. The summed E-state index contributed by atoms with van der Waals surface area (Å²) in [6.07, 6.45) is -0.702. The van der Waals surface area contributed by atoms with Gasteiger partial charge in [0.05, 0.1) is 6.04 Å². The molecule has 39 heavy (non-hydrogen) atoms. The van der Waals surface area contributed by atoms with E-state index in [1.165, 1.54) is 5.56 Å². The lowest BCUT2D eigenvalue weighted by atomic mass is 9.86. The first-order valence-corrected chi connectivity index (χ1v) is 13.4. The Hall–Kier alpha value is -4.06. The second-order valence-corrected chi connectivity index (χ2v) is 11.4. The molecule has 1 heterocycles. The first kappa shape index (κ1) is 28.0. The van der Waals surface area contributed by atoms with Gasteiger partial charge >= 0.3 is 0 Å². The summed E-state index contributed by atoms with van der Waals surface area (Å²) in [5.74, 6) is 0.00392. The molecule has 0 saturated carbocycles. The minimum absolute atomic E-state index is 0.0902. The third kappa shape index (κ3) is 6.17. The molecule has 2 atom stereocenters. The second-order valence-electron chi connectivity index (χ2n) is 11.4. The average molecular weight is 526 g/mol. The van der Waals surface area contributed by atoms with Crippen LogP contribution >= 0.6 is 0 Å². The van der Waals surface area contributed by atoms with E-state index in [9.17, 15) is 9.59 Å². The highest BCUT2D eigenvalue weighted by Crippen LogP contribution is 2.29. The molecule has 6 nitrogen and oxygen atoms in total. The number of ether oxygens (including phenoxy) is 1. The molecule has 0 fully saturated rings. The van der Waals surface area contributed by atoms with Crippen molar-refractivity contribution in [3.63, 3.8) is 0 Å². The molecule has 3 aromatic carbocycles. The van der Waals surface area contributed by atoms with E-state index in [1.807, 2.05) is 49.4 Å². The van der Waals surface area contributed by atoms with Gasteiger partial charge in [-0.25, -0.2) is 0 Å². The van der Waals surface area contributed by atoms with E-state index in [4.69, 9.17) is 10.5 Å². The van der Waals surface area contributed by atoms with Crippen LogP contribution in [0.1, 0.15) is 79.0 Å². The molecule has 0 saturated heterocycles. The molecule has 2 amide bonds. The minimum Gasteiger partial charge on any atom is -0.481 e. The highest BCUT2D eigenvalue weighted by molar-refractivity contribution is 5.99. The van der Waals surface area contributed by atoms with Crippen LogP contribution < -0.4 is 15.8 Å². The Morgan fingerprint density at radius 2 is 1.67 bits per heavy atom. The number of nitrogens with one attached hydrogen (secondary N) is 1. The van der Waals surface area contributed by atoms with Gasteiger partial charge in [0, 0.05) is 28.7 Å². The van der Waals surface area contributed by atoms with Gasteiger partial charge in [-0.3, -0.25) is 9.59 Å². The maximum Gasteiger partial charge on any atom is 0.258 e. The fourth-order valence-electron chi connectivity index (χ4n) is 4.79. The number of amides is 2. The lowest BCUT2D eigenvalue weighted by molar-refractivity contribution is -0.123. The second kappa shape index (κ2) is 11.0. The maximum atomic E-state index is 13.2. The number of primary amides is 1. The molecular weight excluding hydrogens is 486 g/mol. The molecule has 3 N–H and O–H groups in total. The summed E-state index contributed by atoms with van der Waals surface area (Å²) in [5.41, 5.74) is 12.8. The van der Waals surface area contributed by atoms with Crippen LogP contribution in [0.25, 0.3) is 10.9 Å². The van der Waals surface area contributed by atoms with Crippen LogP contribution in [-0.4, -0.2) is 22.5 Å². The van der Waals surface area contributed by atoms with Gasteiger partial charge in [-0.1, -0.05) is 57.2 Å². The lowest BCUT2D eigenvalue weighted by Crippen LogP contribution is -2.30. The van der Waals surface area contributed by atoms with Crippen molar-refractivity contribution in [1.82, 2.24) is 9.88 Å². The van der Waals surface area contributed by atoms with Crippen molar-refractivity contribution in [1.29, 1.82) is 0 Å². The number of nitrogens with two attached hydrogens (primary N) is 1. The standard InChI is InChI=1S/C33H39N3O3/c1-20-22(3)36(19-24-9-8-10-28(17-24)39-23(4)31(34)37)30-16-13-26(18-29(20)30)32(38)35-21(2)25-11-14-27(15-12-25)33(5,6)7/h8-18,21,23H,19H2,1-7H3,(H2,34,37)(H,35,38)/t21-,23-/m0/s1. The zero-order valence-corrected chi connectivity index (χ0v) is 24.0. The summed E-state index contributed by atoms with van der Waals surface area (Å²) in [6, 6.07) is 21.9. The van der Waals surface area contributed by atoms with Gasteiger partial charge in [0.1, 0.15) is 5.75 Å². The van der Waals surface area contributed by atoms with E-state index in [1.54, 1.807) is 6.92 Å². The smallest absolute Gasteiger partial charge is 0.258 e. The van der Waals surface area contributed by atoms with E-state index < -0.39 is 12.0 Å². The normalized spacial score (nSPS) is 13.2. The summed E-state index contributed by atoms with van der Waals surface area (Å²) < 4.78 is 7.91. The van der Waals surface area contributed by atoms with Crippen LogP contribution in [0.15, 0.2) is 66.7 Å². The molecule has 0 bridgehead atoms. The van der Waals surface area contributed by atoms with Crippen LogP contribution in [0.4, 0.5) is 0 Å². The Labute approximate surface area is 231 Å². The Balaban J connectivity index is 1.54. The third-order valence-electron chi connectivity index (χ3n) is 7.48. The number of carbonyl (C=O) groups excluding carboxylic acids is 2. The monoisotopic (exact) mass is 525 g/mol. The Morgan fingerprint density at radius 3 is 2.31 bits per heavy atom. The Kier molecular flexibility index (Phi) is 7.86. The van der Waals surface area contributed by atoms with E-state index >= 15 is 0 Å². The predicted octanol–water partition coefficient (Wildman–Crippen LogP) is 6.35. The van der Waals surface area contributed by atoms with Crippen LogP contribution in [0.5, 0.6) is 5.75 Å². The van der Waals surface area contributed by atoms with Crippen molar-refractivity contribution in [2.24, 2.45) is 5.73 Å². The van der Waals surface area contributed by atoms with E-state index in [2.05, 4.69) is 68.8 Å². The summed E-state index contributed by atoms with van der Waals surface area (Å²) in [6.45, 7) is 15.0. The van der Waals surface area contributed by atoms with Gasteiger partial charge in [-0.15, -0.1) is 0 Å². The molecule has 204 valence electrons. The summed E-state index contributed by atoms with van der Waals surface area (Å²) in [5, 5.41) is 4.21. The van der Waals surface area contributed by atoms with Gasteiger partial charge in [-0.2, -0.15) is 0 Å². The zero-order chi connectivity index (χ0) is 28.5. The fraction of sp³-hybridized carbons (Fsp3) is 0.333. The van der Waals surface area contributed by atoms with Crippen molar-refractivity contribution in [2.45, 2.75) is 72.6 Å². The summed E-state index contributed by atoms with van der Waals surface area (Å²) in [7, 11) is 0. The van der Waals surface area contributed by atoms with Crippen LogP contribution in [0, 0.1) is 13.8 Å². The molecular formula is C33H39N3O3. The highest BCUT2D eigenvalue weighted by Gasteiger charge is 2.18. The topological polar surface area (TPSA) is 86.3 Å². The molecule has 0 aliphatic carbocycles. The predicted molar refractivity (Wildman–Crippen MR) is 157 cm³/mol. The molecule has 0 radical (unpaired) electrons. The molecule has 0 spiro atoms. The van der Waals surface area contributed by atoms with Crippen molar-refractivity contribution < 1.29 is 14.3 Å². The number of carbonyl (C=O) groups is 2. The van der Waals surface area contributed by atoms with E-state index in [0.29, 0.717) is 17.9 Å². The van der Waals surface area contributed by atoms with E-state index in [0.717, 1.165) is 33.3 Å². The number of aromatic nitrogens is 1. The SMILES string of the molecule is Cc1c(C)n(Cc2cccc(O[C@@H](C)C(N)=O)c2)c2ccc(C(=O)N[C@@H](C)c3ccc(C(C)(C)C)cc3)cc12. The minimum atomic E-state index is -0.702. The number of nitrogens with zero attached hydrogens (tertiary/aromatic N) is 1. The zero-order valence-electron chi connectivity index (χ0n) is 24.0. The maximum absolute atomic E-state index is 13.2. The van der Waals surface area contributed by atoms with Crippen LogP contribution in [0.2, 0.25) is 0 Å². The summed E-state index contributed by atoms with van der Waals surface area (Å²) in [4.78, 5) is 24.6. The quantitative estimate of drug-likeness (QED) is 0.281. The number of fused-ring (bicyclic) bond motifs is 1. The van der Waals surface area contributed by atoms with Gasteiger partial charge in [0.25, 0.3) is 11.8 Å². The van der Waals surface area contributed by atoms with E-state index in [-0.39, 0.29) is 17.4 Å². The largest absolute Gasteiger partial charge is 0.481 e. The molecule has 1 aromatic heterocycles. The first-order valence-electron chi connectivity index (χ1n) is 13.4. The van der Waals surface area contributed by atoms with Crippen LogP contribution in [-0.2, 0) is 16.8 Å². The molecule has 4 rings (SSSR count). The number of aryl methyl sites for hydroxylation is 1. The third-order valence-corrected chi connectivity index (χ3v) is 7.48. The van der Waals surface area contributed by atoms with Crippen molar-refractivity contribution in [2.75, 3.05) is 0 Å². The van der Waals surface area contributed by atoms with Crippen molar-refractivity contribution in [3.05, 3.63) is 100 Å². The fourth-order valence-corrected chi connectivity index (χ4v) is 4.79. The van der Waals surface area contributed by atoms with Crippen LogP contribution in [0.3, 0.4) is 0 Å².